The summed E-state index contributed by atoms with van der Waals surface area (Å²) in [5, 5.41) is 0. The zero-order valence-electron chi connectivity index (χ0n) is 11.7. The van der Waals surface area contributed by atoms with Crippen LogP contribution in [0.2, 0.25) is 0 Å². The molecule has 104 valence electrons. The monoisotopic (exact) mass is 390 g/mol. The van der Waals surface area contributed by atoms with Crippen molar-refractivity contribution < 1.29 is 0 Å². The first-order valence-electron chi connectivity index (χ1n) is 6.73. The summed E-state index contributed by atoms with van der Waals surface area (Å²) in [7, 11) is 0. The molecule has 0 aliphatic heterocycles. The minimum Gasteiger partial charge on any atom is -0.328 e. The molecule has 1 atom stereocenters. The van der Waals surface area contributed by atoms with Gasteiger partial charge in [-0.1, -0.05) is 20.8 Å². The Morgan fingerprint density at radius 1 is 1.32 bits per heavy atom. The van der Waals surface area contributed by atoms with Gasteiger partial charge in [0.2, 0.25) is 0 Å². The van der Waals surface area contributed by atoms with Gasteiger partial charge in [0, 0.05) is 22.4 Å². The van der Waals surface area contributed by atoms with Crippen molar-refractivity contribution >= 4 is 45.2 Å². The van der Waals surface area contributed by atoms with Crippen molar-refractivity contribution in [3.63, 3.8) is 0 Å². The van der Waals surface area contributed by atoms with Crippen LogP contribution < -0.4 is 0 Å². The molecule has 19 heavy (non-hydrogen) atoms. The normalized spacial score (nSPS) is 13.4. The van der Waals surface area contributed by atoms with Crippen LogP contribution >= 0.6 is 34.2 Å². The summed E-state index contributed by atoms with van der Waals surface area (Å²) in [5.41, 5.74) is 2.32. The fourth-order valence-electron chi connectivity index (χ4n) is 2.13. The Hall–Kier alpha value is -0.290. The Labute approximate surface area is 133 Å². The summed E-state index contributed by atoms with van der Waals surface area (Å²) in [5.74, 6) is 3.03. The van der Waals surface area contributed by atoms with E-state index in [2.05, 4.69) is 66.1 Å². The molecule has 4 heteroatoms. The summed E-state index contributed by atoms with van der Waals surface area (Å²) < 4.78 is 3.57. The predicted molar refractivity (Wildman–Crippen MR) is 90.9 cm³/mol. The van der Waals surface area contributed by atoms with E-state index in [1.165, 1.54) is 9.09 Å². The van der Waals surface area contributed by atoms with Crippen LogP contribution in [0.5, 0.6) is 0 Å². The number of aromatic nitrogens is 2. The molecule has 0 radical (unpaired) electrons. The highest BCUT2D eigenvalue weighted by Gasteiger charge is 2.15. The first-order valence-corrected chi connectivity index (χ1v) is 8.35. The smallest absolute Gasteiger partial charge is 0.111 e. The second-order valence-corrected chi connectivity index (χ2v) is 7.06. The molecule has 0 aliphatic rings. The van der Waals surface area contributed by atoms with E-state index in [0.717, 1.165) is 24.3 Å². The Bertz CT molecular complexity index is 563. The van der Waals surface area contributed by atoms with Crippen molar-refractivity contribution in [2.45, 2.75) is 33.7 Å². The lowest BCUT2D eigenvalue weighted by Crippen LogP contribution is -2.15. The van der Waals surface area contributed by atoms with Gasteiger partial charge in [-0.25, -0.2) is 4.98 Å². The van der Waals surface area contributed by atoms with Crippen LogP contribution in [0.3, 0.4) is 0 Å². The summed E-state index contributed by atoms with van der Waals surface area (Å²) in [4.78, 5) is 4.75. The van der Waals surface area contributed by atoms with Crippen molar-refractivity contribution in [3.05, 3.63) is 27.6 Å². The van der Waals surface area contributed by atoms with Crippen LogP contribution in [0, 0.1) is 15.4 Å². The first kappa shape index (κ1) is 15.1. The average Bonchev–Trinajstić information content (AvgIpc) is 2.67. The Balaban J connectivity index is 2.45. The maximum absolute atomic E-state index is 5.91. The standard InChI is InChI=1S/C15H20ClIN2/c1-10(2)11(3)9-19-14-5-4-12(17)8-13(14)18-15(19)6-7-16/h4-5,8,10-11H,6-7,9H2,1-3H3. The number of nitrogens with zero attached hydrogens (tertiary/aromatic N) is 2. The van der Waals surface area contributed by atoms with Crippen LogP contribution in [0.1, 0.15) is 26.6 Å². The van der Waals surface area contributed by atoms with Gasteiger partial charge in [-0.15, -0.1) is 11.6 Å². The third-order valence-electron chi connectivity index (χ3n) is 3.72. The van der Waals surface area contributed by atoms with Gasteiger partial charge in [0.25, 0.3) is 0 Å². The zero-order chi connectivity index (χ0) is 14.0. The summed E-state index contributed by atoms with van der Waals surface area (Å²) >= 11 is 8.24. The van der Waals surface area contributed by atoms with Gasteiger partial charge in [-0.2, -0.15) is 0 Å². The molecule has 1 unspecified atom stereocenters. The molecule has 2 nitrogen and oxygen atoms in total. The number of hydrogen-bond donors (Lipinski definition) is 0. The SMILES string of the molecule is CC(C)C(C)Cn1c(CCCl)nc2cc(I)ccc21. The van der Waals surface area contributed by atoms with Crippen LogP contribution in [0.25, 0.3) is 11.0 Å². The molecular weight excluding hydrogens is 371 g/mol. The molecule has 0 amide bonds. The van der Waals surface area contributed by atoms with Crippen LogP contribution in [-0.4, -0.2) is 15.4 Å². The average molecular weight is 391 g/mol. The van der Waals surface area contributed by atoms with E-state index in [0.29, 0.717) is 17.7 Å². The van der Waals surface area contributed by atoms with E-state index in [-0.39, 0.29) is 0 Å². The van der Waals surface area contributed by atoms with E-state index >= 15 is 0 Å². The molecule has 0 fully saturated rings. The maximum atomic E-state index is 5.91. The largest absolute Gasteiger partial charge is 0.328 e. The number of benzene rings is 1. The lowest BCUT2D eigenvalue weighted by molar-refractivity contribution is 0.364. The van der Waals surface area contributed by atoms with Gasteiger partial charge >= 0.3 is 0 Å². The summed E-state index contributed by atoms with van der Waals surface area (Å²) in [6, 6.07) is 6.46. The number of rotatable bonds is 5. The number of fused-ring (bicyclic) bond motifs is 1. The summed E-state index contributed by atoms with van der Waals surface area (Å²) in [6.45, 7) is 7.86. The molecule has 1 aromatic carbocycles. The Morgan fingerprint density at radius 2 is 2.05 bits per heavy atom. The molecular formula is C15H20ClIN2. The lowest BCUT2D eigenvalue weighted by Gasteiger charge is -2.18. The van der Waals surface area contributed by atoms with Gasteiger partial charge in [-0.3, -0.25) is 0 Å². The maximum Gasteiger partial charge on any atom is 0.111 e. The lowest BCUT2D eigenvalue weighted by atomic mass is 9.98. The van der Waals surface area contributed by atoms with Crippen molar-refractivity contribution in [1.82, 2.24) is 9.55 Å². The number of halogens is 2. The van der Waals surface area contributed by atoms with Gasteiger partial charge in [0.1, 0.15) is 5.82 Å². The number of hydrogen-bond acceptors (Lipinski definition) is 1. The molecule has 0 spiro atoms. The van der Waals surface area contributed by atoms with E-state index in [1.54, 1.807) is 0 Å². The second-order valence-electron chi connectivity index (χ2n) is 5.43. The van der Waals surface area contributed by atoms with Crippen LogP contribution in [0.4, 0.5) is 0 Å². The van der Waals surface area contributed by atoms with Crippen LogP contribution in [-0.2, 0) is 13.0 Å². The first-order chi connectivity index (χ1) is 9.02. The fraction of sp³-hybridized carbons (Fsp3) is 0.533. The molecule has 2 rings (SSSR count). The van der Waals surface area contributed by atoms with E-state index in [4.69, 9.17) is 16.6 Å². The minimum absolute atomic E-state index is 0.622. The summed E-state index contributed by atoms with van der Waals surface area (Å²) in [6.07, 6.45) is 0.831. The van der Waals surface area contributed by atoms with Crippen molar-refractivity contribution in [2.24, 2.45) is 11.8 Å². The van der Waals surface area contributed by atoms with Crippen LogP contribution in [0.15, 0.2) is 18.2 Å². The molecule has 0 saturated heterocycles. The third-order valence-corrected chi connectivity index (χ3v) is 4.58. The number of aryl methyl sites for hydroxylation is 1. The third kappa shape index (κ3) is 3.43. The number of alkyl halides is 1. The molecule has 0 N–H and O–H groups in total. The topological polar surface area (TPSA) is 17.8 Å². The molecule has 2 aromatic rings. The molecule has 1 heterocycles. The van der Waals surface area contributed by atoms with E-state index in [9.17, 15) is 0 Å². The highest BCUT2D eigenvalue weighted by Crippen LogP contribution is 2.23. The van der Waals surface area contributed by atoms with E-state index in [1.807, 2.05) is 0 Å². The van der Waals surface area contributed by atoms with Gasteiger partial charge < -0.3 is 4.57 Å². The Kier molecular flexibility index (Phi) is 5.12. The Morgan fingerprint density at radius 3 is 2.68 bits per heavy atom. The molecule has 0 aliphatic carbocycles. The van der Waals surface area contributed by atoms with Gasteiger partial charge in [-0.05, 0) is 52.6 Å². The highest BCUT2D eigenvalue weighted by atomic mass is 127. The quantitative estimate of drug-likeness (QED) is 0.534. The molecule has 0 saturated carbocycles. The van der Waals surface area contributed by atoms with Gasteiger partial charge in [0.05, 0.1) is 11.0 Å². The predicted octanol–water partition coefficient (Wildman–Crippen LogP) is 4.71. The van der Waals surface area contributed by atoms with Crippen molar-refractivity contribution in [1.29, 1.82) is 0 Å². The minimum atomic E-state index is 0.622. The number of imidazole rings is 1. The molecule has 1 aromatic heterocycles. The molecule has 0 bridgehead atoms. The fourth-order valence-corrected chi connectivity index (χ4v) is 2.77. The second kappa shape index (κ2) is 6.44. The van der Waals surface area contributed by atoms with Gasteiger partial charge in [0.15, 0.2) is 0 Å². The zero-order valence-corrected chi connectivity index (χ0v) is 14.6. The van der Waals surface area contributed by atoms with Crippen molar-refractivity contribution in [2.75, 3.05) is 5.88 Å². The van der Waals surface area contributed by atoms with E-state index < -0.39 is 0 Å². The highest BCUT2D eigenvalue weighted by molar-refractivity contribution is 14.1. The van der Waals surface area contributed by atoms with Crippen molar-refractivity contribution in [3.8, 4) is 0 Å².